The van der Waals surface area contributed by atoms with Gasteiger partial charge in [-0.25, -0.2) is 4.98 Å². The van der Waals surface area contributed by atoms with Gasteiger partial charge in [0.2, 0.25) is 0 Å². The zero-order valence-corrected chi connectivity index (χ0v) is 14.9. The molecule has 0 aliphatic rings. The molecule has 0 spiro atoms. The lowest BCUT2D eigenvalue weighted by Gasteiger charge is -2.11. The molecule has 0 fully saturated rings. The van der Waals surface area contributed by atoms with Crippen LogP contribution in [0.1, 0.15) is 5.69 Å². The smallest absolute Gasteiger partial charge is 0.423 e. The Bertz CT molecular complexity index is 977. The van der Waals surface area contributed by atoms with Gasteiger partial charge in [0.1, 0.15) is 0 Å². The SMILES string of the molecule is C=C/C=C(\C=C)c1cc(-c2ccc(B(O)O)cc2)cc(-c2ccccc2)n1. The van der Waals surface area contributed by atoms with Crippen LogP contribution in [0.4, 0.5) is 0 Å². The summed E-state index contributed by atoms with van der Waals surface area (Å²) in [6, 6.07) is 21.1. The maximum absolute atomic E-state index is 9.30. The predicted molar refractivity (Wildman–Crippen MR) is 113 cm³/mol. The molecular formula is C23H20BNO2. The Labute approximate surface area is 159 Å². The summed E-state index contributed by atoms with van der Waals surface area (Å²) in [6.45, 7) is 7.64. The predicted octanol–water partition coefficient (Wildman–Crippen LogP) is 3.85. The van der Waals surface area contributed by atoms with Crippen molar-refractivity contribution in [3.8, 4) is 22.4 Å². The second-order valence-electron chi connectivity index (χ2n) is 6.05. The summed E-state index contributed by atoms with van der Waals surface area (Å²) in [6.07, 6.45) is 5.35. The van der Waals surface area contributed by atoms with E-state index < -0.39 is 7.12 Å². The number of aromatic nitrogens is 1. The number of rotatable bonds is 6. The van der Waals surface area contributed by atoms with Crippen molar-refractivity contribution in [2.75, 3.05) is 0 Å². The van der Waals surface area contributed by atoms with Crippen molar-refractivity contribution in [3.05, 3.63) is 104 Å². The number of benzene rings is 2. The molecule has 27 heavy (non-hydrogen) atoms. The van der Waals surface area contributed by atoms with Crippen LogP contribution >= 0.6 is 0 Å². The Morgan fingerprint density at radius 2 is 1.56 bits per heavy atom. The lowest BCUT2D eigenvalue weighted by atomic mass is 9.80. The second-order valence-corrected chi connectivity index (χ2v) is 6.05. The van der Waals surface area contributed by atoms with Crippen LogP contribution in [0, 0.1) is 0 Å². The van der Waals surface area contributed by atoms with E-state index in [4.69, 9.17) is 4.98 Å². The van der Waals surface area contributed by atoms with Crippen molar-refractivity contribution in [1.29, 1.82) is 0 Å². The number of hydrogen-bond acceptors (Lipinski definition) is 3. The number of nitrogens with zero attached hydrogens (tertiary/aromatic N) is 1. The fourth-order valence-electron chi connectivity index (χ4n) is 2.83. The van der Waals surface area contributed by atoms with Gasteiger partial charge >= 0.3 is 7.12 Å². The molecule has 0 unspecified atom stereocenters. The average Bonchev–Trinajstić information content (AvgIpc) is 2.72. The minimum atomic E-state index is -1.48. The van der Waals surface area contributed by atoms with Gasteiger partial charge < -0.3 is 10.0 Å². The van der Waals surface area contributed by atoms with Gasteiger partial charge in [-0.3, -0.25) is 0 Å². The maximum Gasteiger partial charge on any atom is 0.488 e. The van der Waals surface area contributed by atoms with Crippen molar-refractivity contribution < 1.29 is 10.0 Å². The van der Waals surface area contributed by atoms with E-state index in [-0.39, 0.29) is 0 Å². The lowest BCUT2D eigenvalue weighted by molar-refractivity contribution is 0.426. The Morgan fingerprint density at radius 3 is 2.15 bits per heavy atom. The van der Waals surface area contributed by atoms with Crippen LogP contribution in [0.2, 0.25) is 0 Å². The van der Waals surface area contributed by atoms with E-state index in [1.807, 2.05) is 60.7 Å². The summed E-state index contributed by atoms with van der Waals surface area (Å²) in [5, 5.41) is 18.6. The minimum Gasteiger partial charge on any atom is -0.423 e. The van der Waals surface area contributed by atoms with Crippen molar-refractivity contribution in [2.24, 2.45) is 0 Å². The highest BCUT2D eigenvalue weighted by molar-refractivity contribution is 6.58. The van der Waals surface area contributed by atoms with E-state index in [2.05, 4.69) is 13.2 Å². The Kier molecular flexibility index (Phi) is 5.82. The molecule has 0 saturated heterocycles. The van der Waals surface area contributed by atoms with Crippen LogP contribution in [0.3, 0.4) is 0 Å². The standard InChI is InChI=1S/C23H20BNO2/c1-3-8-17(4-2)22-15-20(18-11-13-21(14-12-18)24(26)27)16-23(25-22)19-9-6-5-7-10-19/h3-16,26-27H,1-2H2/b17-8+. The van der Waals surface area contributed by atoms with Gasteiger partial charge in [0.25, 0.3) is 0 Å². The molecule has 0 saturated carbocycles. The molecule has 3 aromatic rings. The summed E-state index contributed by atoms with van der Waals surface area (Å²) in [5.41, 5.74) is 5.95. The zero-order chi connectivity index (χ0) is 19.2. The first-order chi connectivity index (χ1) is 13.1. The van der Waals surface area contributed by atoms with E-state index in [1.165, 1.54) is 0 Å². The summed E-state index contributed by atoms with van der Waals surface area (Å²) in [5.74, 6) is 0. The molecule has 3 rings (SSSR count). The van der Waals surface area contributed by atoms with Crippen molar-refractivity contribution in [3.63, 3.8) is 0 Å². The molecule has 0 radical (unpaired) electrons. The normalized spacial score (nSPS) is 11.1. The molecule has 4 heteroatoms. The fourth-order valence-corrected chi connectivity index (χ4v) is 2.83. The van der Waals surface area contributed by atoms with Crippen LogP contribution in [0.25, 0.3) is 28.0 Å². The highest BCUT2D eigenvalue weighted by Gasteiger charge is 2.12. The van der Waals surface area contributed by atoms with Crippen LogP contribution in [-0.2, 0) is 0 Å². The van der Waals surface area contributed by atoms with Gasteiger partial charge in [0.15, 0.2) is 0 Å². The molecule has 2 aromatic carbocycles. The molecular weight excluding hydrogens is 333 g/mol. The first kappa shape index (κ1) is 18.6. The van der Waals surface area contributed by atoms with Crippen molar-refractivity contribution >= 4 is 18.2 Å². The summed E-state index contributed by atoms with van der Waals surface area (Å²) >= 11 is 0. The topological polar surface area (TPSA) is 53.4 Å². The van der Waals surface area contributed by atoms with Gasteiger partial charge in [-0.1, -0.05) is 86.0 Å². The van der Waals surface area contributed by atoms with E-state index in [0.29, 0.717) is 5.46 Å². The molecule has 1 aromatic heterocycles. The molecule has 0 aliphatic carbocycles. The number of hydrogen-bond donors (Lipinski definition) is 2. The summed E-state index contributed by atoms with van der Waals surface area (Å²) < 4.78 is 0. The van der Waals surface area contributed by atoms with Crippen molar-refractivity contribution in [1.82, 2.24) is 4.98 Å². The summed E-state index contributed by atoms with van der Waals surface area (Å²) in [7, 11) is -1.48. The molecule has 0 bridgehead atoms. The summed E-state index contributed by atoms with van der Waals surface area (Å²) in [4.78, 5) is 4.80. The second kappa shape index (κ2) is 8.45. The third-order valence-electron chi connectivity index (χ3n) is 4.25. The Hall–Kier alpha value is -3.21. The molecule has 0 aliphatic heterocycles. The zero-order valence-electron chi connectivity index (χ0n) is 14.9. The van der Waals surface area contributed by atoms with Gasteiger partial charge in [-0.05, 0) is 34.3 Å². The largest absolute Gasteiger partial charge is 0.488 e. The van der Waals surface area contributed by atoms with E-state index in [9.17, 15) is 10.0 Å². The molecule has 2 N–H and O–H groups in total. The van der Waals surface area contributed by atoms with Crippen LogP contribution in [0.15, 0.2) is 98.1 Å². The van der Waals surface area contributed by atoms with Crippen LogP contribution in [0.5, 0.6) is 0 Å². The molecule has 3 nitrogen and oxygen atoms in total. The third kappa shape index (κ3) is 4.32. The quantitative estimate of drug-likeness (QED) is 0.523. The highest BCUT2D eigenvalue weighted by Crippen LogP contribution is 2.28. The minimum absolute atomic E-state index is 0.453. The Balaban J connectivity index is 2.16. The lowest BCUT2D eigenvalue weighted by Crippen LogP contribution is -2.29. The van der Waals surface area contributed by atoms with E-state index in [0.717, 1.165) is 33.7 Å². The third-order valence-corrected chi connectivity index (χ3v) is 4.25. The van der Waals surface area contributed by atoms with E-state index >= 15 is 0 Å². The van der Waals surface area contributed by atoms with Crippen LogP contribution < -0.4 is 5.46 Å². The van der Waals surface area contributed by atoms with Gasteiger partial charge in [0, 0.05) is 5.56 Å². The van der Waals surface area contributed by atoms with Crippen molar-refractivity contribution in [2.45, 2.75) is 0 Å². The molecule has 0 amide bonds. The molecule has 0 atom stereocenters. The maximum atomic E-state index is 9.30. The Morgan fingerprint density at radius 1 is 0.852 bits per heavy atom. The van der Waals surface area contributed by atoms with E-state index in [1.54, 1.807) is 24.3 Å². The number of pyridine rings is 1. The number of allylic oxidation sites excluding steroid dienone is 4. The fraction of sp³-hybridized carbons (Fsp3) is 0. The van der Waals surface area contributed by atoms with Gasteiger partial charge in [0.05, 0.1) is 11.4 Å². The van der Waals surface area contributed by atoms with Crippen LogP contribution in [-0.4, -0.2) is 22.2 Å². The van der Waals surface area contributed by atoms with Gasteiger partial charge in [-0.15, -0.1) is 0 Å². The monoisotopic (exact) mass is 353 g/mol. The molecule has 132 valence electrons. The highest BCUT2D eigenvalue weighted by atomic mass is 16.4. The first-order valence-electron chi connectivity index (χ1n) is 8.62. The molecule has 1 heterocycles. The average molecular weight is 353 g/mol. The van der Waals surface area contributed by atoms with Gasteiger partial charge in [-0.2, -0.15) is 0 Å². The first-order valence-corrected chi connectivity index (χ1v) is 8.62.